The molecule has 0 aliphatic heterocycles. The Morgan fingerprint density at radius 1 is 1.12 bits per heavy atom. The summed E-state index contributed by atoms with van der Waals surface area (Å²) in [6.45, 7) is 0.212. The SMILES string of the molecule is CN(c1ccc(Br)cc1)S(=O)(=O)c1ccc2[nH]cc(C(=O)NCc3cccc[nH+]3)c(=O)c2c1. The number of benzene rings is 2. The number of amides is 1. The van der Waals surface area contributed by atoms with Crippen LogP contribution in [0.1, 0.15) is 16.1 Å². The van der Waals surface area contributed by atoms with Gasteiger partial charge >= 0.3 is 0 Å². The van der Waals surface area contributed by atoms with Crippen LogP contribution >= 0.6 is 15.9 Å². The van der Waals surface area contributed by atoms with Gasteiger partial charge in [-0.25, -0.2) is 13.4 Å². The maximum atomic E-state index is 13.2. The second-order valence-corrected chi connectivity index (χ2v) is 10.1. The number of hydrogen-bond acceptors (Lipinski definition) is 4. The molecule has 3 N–H and O–H groups in total. The van der Waals surface area contributed by atoms with Crippen molar-refractivity contribution >= 4 is 48.5 Å². The summed E-state index contributed by atoms with van der Waals surface area (Å²) in [5.41, 5.74) is 1.01. The highest BCUT2D eigenvalue weighted by Crippen LogP contribution is 2.25. The molecule has 1 amide bonds. The van der Waals surface area contributed by atoms with Crippen molar-refractivity contribution in [2.75, 3.05) is 11.4 Å². The number of sulfonamides is 1. The van der Waals surface area contributed by atoms with E-state index in [0.29, 0.717) is 11.2 Å². The first-order chi connectivity index (χ1) is 15.8. The minimum atomic E-state index is -3.93. The molecular formula is C23H20BrN4O4S+. The molecule has 168 valence electrons. The largest absolute Gasteiger partial charge is 0.360 e. The van der Waals surface area contributed by atoms with E-state index in [1.54, 1.807) is 30.5 Å². The fourth-order valence-electron chi connectivity index (χ4n) is 3.29. The number of nitrogens with zero attached hydrogens (tertiary/aromatic N) is 1. The first-order valence-corrected chi connectivity index (χ1v) is 12.1. The number of pyridine rings is 2. The predicted molar refractivity (Wildman–Crippen MR) is 128 cm³/mol. The molecule has 10 heteroatoms. The Morgan fingerprint density at radius 3 is 2.58 bits per heavy atom. The van der Waals surface area contributed by atoms with Gasteiger partial charge in [-0.3, -0.25) is 13.9 Å². The number of anilines is 1. The Balaban J connectivity index is 1.66. The molecule has 0 saturated heterocycles. The second kappa shape index (κ2) is 9.16. The Kier molecular flexibility index (Phi) is 6.30. The van der Waals surface area contributed by atoms with Gasteiger partial charge in [0.1, 0.15) is 12.1 Å². The number of fused-ring (bicyclic) bond motifs is 1. The first kappa shape index (κ1) is 22.7. The second-order valence-electron chi connectivity index (χ2n) is 7.26. The van der Waals surface area contributed by atoms with E-state index in [2.05, 4.69) is 31.2 Å². The smallest absolute Gasteiger partial charge is 0.264 e. The summed E-state index contributed by atoms with van der Waals surface area (Å²) in [4.78, 5) is 31.5. The molecule has 0 aliphatic carbocycles. The van der Waals surface area contributed by atoms with Crippen molar-refractivity contribution in [3.8, 4) is 0 Å². The van der Waals surface area contributed by atoms with E-state index >= 15 is 0 Å². The third kappa shape index (κ3) is 4.67. The van der Waals surface area contributed by atoms with Crippen LogP contribution < -0.4 is 20.0 Å². The number of hydrogen-bond donors (Lipinski definition) is 2. The number of halogens is 1. The quantitative estimate of drug-likeness (QED) is 0.401. The molecule has 0 atom stereocenters. The van der Waals surface area contributed by atoms with Crippen LogP contribution in [0.15, 0.2) is 87.2 Å². The Hall–Kier alpha value is -3.50. The van der Waals surface area contributed by atoms with Crippen molar-refractivity contribution < 1.29 is 18.2 Å². The highest BCUT2D eigenvalue weighted by molar-refractivity contribution is 9.10. The lowest BCUT2D eigenvalue weighted by Gasteiger charge is -2.19. The van der Waals surface area contributed by atoms with Gasteiger partial charge in [0.05, 0.1) is 10.6 Å². The van der Waals surface area contributed by atoms with Crippen LogP contribution in [0.3, 0.4) is 0 Å². The van der Waals surface area contributed by atoms with Gasteiger partial charge in [0.2, 0.25) is 5.43 Å². The van der Waals surface area contributed by atoms with Crippen LogP contribution in [0.25, 0.3) is 10.9 Å². The van der Waals surface area contributed by atoms with Gasteiger partial charge in [-0.2, -0.15) is 0 Å². The monoisotopic (exact) mass is 527 g/mol. The van der Waals surface area contributed by atoms with E-state index < -0.39 is 21.4 Å². The van der Waals surface area contributed by atoms with E-state index in [0.717, 1.165) is 14.5 Å². The molecule has 2 aromatic carbocycles. The lowest BCUT2D eigenvalue weighted by atomic mass is 10.1. The highest BCUT2D eigenvalue weighted by Gasteiger charge is 2.23. The predicted octanol–water partition coefficient (Wildman–Crippen LogP) is 2.86. The zero-order valence-corrected chi connectivity index (χ0v) is 19.9. The van der Waals surface area contributed by atoms with Crippen LogP contribution in [0, 0.1) is 0 Å². The summed E-state index contributed by atoms with van der Waals surface area (Å²) < 4.78 is 28.3. The summed E-state index contributed by atoms with van der Waals surface area (Å²) >= 11 is 3.33. The third-order valence-corrected chi connectivity index (χ3v) is 7.47. The van der Waals surface area contributed by atoms with Crippen molar-refractivity contribution in [1.82, 2.24) is 10.3 Å². The molecule has 4 rings (SSSR count). The highest BCUT2D eigenvalue weighted by atomic mass is 79.9. The summed E-state index contributed by atoms with van der Waals surface area (Å²) in [5, 5.41) is 2.80. The Morgan fingerprint density at radius 2 is 1.88 bits per heavy atom. The van der Waals surface area contributed by atoms with Gasteiger partial charge in [0, 0.05) is 40.8 Å². The number of nitrogens with one attached hydrogen (secondary N) is 3. The lowest BCUT2D eigenvalue weighted by Crippen LogP contribution is -2.30. The maximum absolute atomic E-state index is 13.2. The van der Waals surface area contributed by atoms with Crippen molar-refractivity contribution in [1.29, 1.82) is 0 Å². The normalized spacial score (nSPS) is 11.3. The zero-order chi connectivity index (χ0) is 23.6. The van der Waals surface area contributed by atoms with Gasteiger partial charge in [0.15, 0.2) is 11.9 Å². The molecule has 0 saturated carbocycles. The molecule has 0 aliphatic rings. The molecule has 0 bridgehead atoms. The van der Waals surface area contributed by atoms with Crippen molar-refractivity contribution in [3.05, 3.63) is 99.0 Å². The molecule has 2 aromatic heterocycles. The number of aromatic nitrogens is 2. The zero-order valence-electron chi connectivity index (χ0n) is 17.5. The average Bonchev–Trinajstić information content (AvgIpc) is 2.83. The fourth-order valence-corrected chi connectivity index (χ4v) is 4.77. The Bertz CT molecular complexity index is 1490. The van der Waals surface area contributed by atoms with E-state index in [9.17, 15) is 18.0 Å². The molecule has 0 radical (unpaired) electrons. The Labute approximate surface area is 198 Å². The van der Waals surface area contributed by atoms with Crippen molar-refractivity contribution in [2.45, 2.75) is 11.4 Å². The van der Waals surface area contributed by atoms with Crippen LogP contribution in [-0.2, 0) is 16.6 Å². The van der Waals surface area contributed by atoms with Crippen LogP contribution in [0.5, 0.6) is 0 Å². The molecule has 8 nitrogen and oxygen atoms in total. The van der Waals surface area contributed by atoms with Crippen LogP contribution in [-0.4, -0.2) is 26.4 Å². The first-order valence-electron chi connectivity index (χ1n) is 9.91. The number of aromatic amines is 2. The molecular weight excluding hydrogens is 508 g/mol. The summed E-state index contributed by atoms with van der Waals surface area (Å²) in [6.07, 6.45) is 3.06. The number of carbonyl (C=O) groups excluding carboxylic acids is 1. The standard InChI is InChI=1S/C23H19BrN4O4S/c1-28(17-7-5-15(24)6-8-17)33(31,32)18-9-10-21-19(12-18)22(29)20(14-26-21)23(30)27-13-16-4-2-3-11-25-16/h2-12,14H,13H2,1H3,(H,26,29)(H,27,30)/p+1. The molecule has 0 unspecified atom stereocenters. The van der Waals surface area contributed by atoms with E-state index in [-0.39, 0.29) is 22.4 Å². The van der Waals surface area contributed by atoms with E-state index in [1.807, 2.05) is 18.2 Å². The molecule has 33 heavy (non-hydrogen) atoms. The van der Waals surface area contributed by atoms with E-state index in [1.165, 1.54) is 31.4 Å². The van der Waals surface area contributed by atoms with Gasteiger partial charge < -0.3 is 10.3 Å². The minimum Gasteiger partial charge on any atom is -0.360 e. The number of carbonyl (C=O) groups is 1. The molecule has 0 fully saturated rings. The van der Waals surface area contributed by atoms with Crippen molar-refractivity contribution in [2.24, 2.45) is 0 Å². The lowest BCUT2D eigenvalue weighted by molar-refractivity contribution is -0.390. The molecule has 0 spiro atoms. The maximum Gasteiger partial charge on any atom is 0.264 e. The minimum absolute atomic E-state index is 0.0534. The fraction of sp³-hybridized carbons (Fsp3) is 0.0870. The van der Waals surface area contributed by atoms with Gasteiger partial charge in [0.25, 0.3) is 15.9 Å². The van der Waals surface area contributed by atoms with Gasteiger partial charge in [-0.05, 0) is 42.5 Å². The number of H-pyrrole nitrogens is 2. The molecule has 4 aromatic rings. The third-order valence-electron chi connectivity index (χ3n) is 5.16. The summed E-state index contributed by atoms with van der Waals surface area (Å²) in [7, 11) is -2.49. The van der Waals surface area contributed by atoms with E-state index in [4.69, 9.17) is 0 Å². The van der Waals surface area contributed by atoms with Crippen molar-refractivity contribution in [3.63, 3.8) is 0 Å². The van der Waals surface area contributed by atoms with Crippen LogP contribution in [0.4, 0.5) is 5.69 Å². The topological polar surface area (TPSA) is 113 Å². The summed E-state index contributed by atoms with van der Waals surface area (Å²) in [6, 6.07) is 16.5. The summed E-state index contributed by atoms with van der Waals surface area (Å²) in [5.74, 6) is -0.560. The van der Waals surface area contributed by atoms with Gasteiger partial charge in [-0.1, -0.05) is 22.0 Å². The van der Waals surface area contributed by atoms with Crippen LogP contribution in [0.2, 0.25) is 0 Å². The van der Waals surface area contributed by atoms with Gasteiger partial charge in [-0.15, -0.1) is 0 Å². The molecule has 2 heterocycles. The number of rotatable bonds is 6. The average molecular weight is 528 g/mol.